The summed E-state index contributed by atoms with van der Waals surface area (Å²) in [7, 11) is 4.10. The van der Waals surface area contributed by atoms with Crippen LogP contribution >= 0.6 is 0 Å². The Morgan fingerprint density at radius 3 is 2.92 bits per heavy atom. The molecule has 0 radical (unpaired) electrons. The van der Waals surface area contributed by atoms with Gasteiger partial charge in [-0.2, -0.15) is 0 Å². The fourth-order valence-corrected chi connectivity index (χ4v) is 5.34. The lowest BCUT2D eigenvalue weighted by Gasteiger charge is -2.19. The number of carbonyl (C=O) groups is 1. The van der Waals surface area contributed by atoms with Crippen molar-refractivity contribution in [3.8, 4) is 11.3 Å². The highest BCUT2D eigenvalue weighted by Gasteiger charge is 2.28. The molecule has 0 saturated carbocycles. The molecule has 2 aliphatic rings. The number of aromatic nitrogens is 3. The Morgan fingerprint density at radius 1 is 1.22 bits per heavy atom. The summed E-state index contributed by atoms with van der Waals surface area (Å²) >= 11 is 0. The minimum atomic E-state index is -0.0763. The van der Waals surface area contributed by atoms with Crippen molar-refractivity contribution in [3.63, 3.8) is 0 Å². The molecular formula is C28H30N6O2. The second-order valence-electron chi connectivity index (χ2n) is 9.88. The fourth-order valence-electron chi connectivity index (χ4n) is 5.34. The number of carbonyl (C=O) groups excluding carboxylic acids is 1. The first kappa shape index (κ1) is 22.7. The predicted molar refractivity (Wildman–Crippen MR) is 140 cm³/mol. The van der Waals surface area contributed by atoms with Crippen molar-refractivity contribution in [1.29, 1.82) is 0 Å². The van der Waals surface area contributed by atoms with Crippen LogP contribution in [0.1, 0.15) is 45.1 Å². The molecule has 1 aromatic carbocycles. The number of imidazole rings is 1. The van der Waals surface area contributed by atoms with Crippen molar-refractivity contribution < 1.29 is 9.53 Å². The summed E-state index contributed by atoms with van der Waals surface area (Å²) in [6, 6.07) is 12.3. The molecule has 1 amide bonds. The normalized spacial score (nSPS) is 17.1. The summed E-state index contributed by atoms with van der Waals surface area (Å²) in [4.78, 5) is 24.7. The smallest absolute Gasteiger partial charge is 0.254 e. The van der Waals surface area contributed by atoms with E-state index >= 15 is 0 Å². The van der Waals surface area contributed by atoms with E-state index < -0.39 is 0 Å². The van der Waals surface area contributed by atoms with Crippen LogP contribution in [0.5, 0.6) is 0 Å². The van der Waals surface area contributed by atoms with Crippen LogP contribution < -0.4 is 10.6 Å². The van der Waals surface area contributed by atoms with Gasteiger partial charge in [0.05, 0.1) is 35.4 Å². The monoisotopic (exact) mass is 482 g/mol. The van der Waals surface area contributed by atoms with Gasteiger partial charge >= 0.3 is 0 Å². The van der Waals surface area contributed by atoms with E-state index in [1.54, 1.807) is 0 Å². The van der Waals surface area contributed by atoms with E-state index in [1.807, 2.05) is 44.7 Å². The Kier molecular flexibility index (Phi) is 5.70. The highest BCUT2D eigenvalue weighted by atomic mass is 16.5. The lowest BCUT2D eigenvalue weighted by Crippen LogP contribution is -2.16. The largest absolute Gasteiger partial charge is 0.381 e. The van der Waals surface area contributed by atoms with Crippen LogP contribution in [-0.4, -0.2) is 52.5 Å². The number of amides is 1. The van der Waals surface area contributed by atoms with Gasteiger partial charge in [-0.3, -0.25) is 9.20 Å². The quantitative estimate of drug-likeness (QED) is 0.427. The van der Waals surface area contributed by atoms with Crippen molar-refractivity contribution in [2.75, 3.05) is 32.6 Å². The van der Waals surface area contributed by atoms with Crippen molar-refractivity contribution in [2.24, 2.45) is 0 Å². The van der Waals surface area contributed by atoms with Gasteiger partial charge in [-0.15, -0.1) is 0 Å². The van der Waals surface area contributed by atoms with Gasteiger partial charge in [0.15, 0.2) is 0 Å². The summed E-state index contributed by atoms with van der Waals surface area (Å²) in [5.74, 6) is 1.03. The number of fused-ring (bicyclic) bond motifs is 2. The van der Waals surface area contributed by atoms with Crippen LogP contribution in [0.25, 0.3) is 16.9 Å². The number of nitrogens with one attached hydrogen (secondary N) is 2. The molecule has 6 rings (SSSR count). The molecule has 0 aliphatic carbocycles. The summed E-state index contributed by atoms with van der Waals surface area (Å²) in [6.07, 6.45) is 4.92. The number of nitrogens with zero attached hydrogens (tertiary/aromatic N) is 4. The van der Waals surface area contributed by atoms with Crippen LogP contribution in [0.2, 0.25) is 0 Å². The maximum absolute atomic E-state index is 12.9. The maximum Gasteiger partial charge on any atom is 0.254 e. The average Bonchev–Trinajstić information content (AvgIpc) is 3.60. The zero-order chi connectivity index (χ0) is 24.8. The molecular weight excluding hydrogens is 452 g/mol. The van der Waals surface area contributed by atoms with Crippen molar-refractivity contribution in [1.82, 2.24) is 24.6 Å². The molecule has 1 fully saturated rings. The van der Waals surface area contributed by atoms with Crippen molar-refractivity contribution in [2.45, 2.75) is 32.4 Å². The maximum atomic E-state index is 12.9. The molecule has 0 spiro atoms. The molecule has 8 heteroatoms. The Hall–Kier alpha value is -3.75. The van der Waals surface area contributed by atoms with Gasteiger partial charge < -0.3 is 20.3 Å². The number of benzene rings is 1. The van der Waals surface area contributed by atoms with E-state index in [9.17, 15) is 4.79 Å². The first-order chi connectivity index (χ1) is 17.5. The molecule has 1 saturated heterocycles. The molecule has 5 heterocycles. The molecule has 0 unspecified atom stereocenters. The van der Waals surface area contributed by atoms with Gasteiger partial charge in [0.1, 0.15) is 11.5 Å². The Labute approximate surface area is 210 Å². The van der Waals surface area contributed by atoms with Gasteiger partial charge in [-0.05, 0) is 62.3 Å². The van der Waals surface area contributed by atoms with E-state index in [1.165, 1.54) is 5.56 Å². The second-order valence-corrected chi connectivity index (χ2v) is 9.88. The third kappa shape index (κ3) is 3.92. The van der Waals surface area contributed by atoms with Gasteiger partial charge in [-0.1, -0.05) is 18.2 Å². The van der Waals surface area contributed by atoms with Crippen LogP contribution in [0, 0.1) is 6.92 Å². The first-order valence-corrected chi connectivity index (χ1v) is 12.4. The topological polar surface area (TPSA) is 83.8 Å². The summed E-state index contributed by atoms with van der Waals surface area (Å²) < 4.78 is 7.71. The lowest BCUT2D eigenvalue weighted by atomic mass is 9.96. The SMILES string of the molecule is Cc1cccn2c(-c3ccc(Nc4ccc([C@H]5CCOC5)c(CN(C)C)n4)c4c3CNC4=O)cnc12. The fraction of sp³-hybridized carbons (Fsp3) is 0.321. The third-order valence-electron chi connectivity index (χ3n) is 7.08. The Morgan fingerprint density at radius 2 is 2.11 bits per heavy atom. The number of ether oxygens (including phenoxy) is 1. The molecule has 4 aromatic rings. The number of pyridine rings is 2. The molecule has 3 aromatic heterocycles. The highest BCUT2D eigenvalue weighted by Crippen LogP contribution is 2.36. The van der Waals surface area contributed by atoms with E-state index in [2.05, 4.69) is 50.0 Å². The second kappa shape index (κ2) is 9.04. The average molecular weight is 483 g/mol. The molecule has 2 aliphatic heterocycles. The molecule has 2 N–H and O–H groups in total. The number of aryl methyl sites for hydroxylation is 1. The van der Waals surface area contributed by atoms with Crippen LogP contribution in [0.15, 0.2) is 48.8 Å². The zero-order valence-corrected chi connectivity index (χ0v) is 20.8. The third-order valence-corrected chi connectivity index (χ3v) is 7.08. The molecule has 1 atom stereocenters. The van der Waals surface area contributed by atoms with E-state index in [4.69, 9.17) is 9.72 Å². The van der Waals surface area contributed by atoms with Gasteiger partial charge in [0.2, 0.25) is 0 Å². The lowest BCUT2D eigenvalue weighted by molar-refractivity contribution is 0.0966. The van der Waals surface area contributed by atoms with Crippen molar-refractivity contribution >= 4 is 23.1 Å². The number of hydrogen-bond donors (Lipinski definition) is 2. The van der Waals surface area contributed by atoms with Crippen molar-refractivity contribution in [3.05, 3.63) is 76.7 Å². The van der Waals surface area contributed by atoms with Crippen LogP contribution in [0.4, 0.5) is 11.5 Å². The Bertz CT molecular complexity index is 1470. The highest BCUT2D eigenvalue weighted by molar-refractivity contribution is 6.06. The molecule has 184 valence electrons. The Balaban J connectivity index is 1.38. The zero-order valence-electron chi connectivity index (χ0n) is 20.8. The molecule has 36 heavy (non-hydrogen) atoms. The van der Waals surface area contributed by atoms with Gasteiger partial charge in [0, 0.05) is 37.4 Å². The molecule has 8 nitrogen and oxygen atoms in total. The number of hydrogen-bond acceptors (Lipinski definition) is 6. The summed E-state index contributed by atoms with van der Waals surface area (Å²) in [5, 5.41) is 6.45. The van der Waals surface area contributed by atoms with E-state index in [0.29, 0.717) is 18.0 Å². The number of anilines is 2. The van der Waals surface area contributed by atoms with Gasteiger partial charge in [-0.25, -0.2) is 9.97 Å². The molecule has 0 bridgehead atoms. The minimum absolute atomic E-state index is 0.0763. The van der Waals surface area contributed by atoms with E-state index in [0.717, 1.165) is 71.4 Å². The van der Waals surface area contributed by atoms with Gasteiger partial charge in [0.25, 0.3) is 5.91 Å². The predicted octanol–water partition coefficient (Wildman–Crippen LogP) is 4.26. The van der Waals surface area contributed by atoms with Crippen LogP contribution in [0.3, 0.4) is 0 Å². The standard InChI is InChI=1S/C28H30N6O2/c1-17-5-4-11-34-24(14-29-27(17)34)20-6-8-22(26-21(20)13-30-28(26)35)31-25-9-7-19(18-10-12-36-16-18)23(32-25)15-33(2)3/h4-9,11,14,18H,10,12-13,15-16H2,1-3H3,(H,30,35)(H,31,32)/t18-/m0/s1. The van der Waals surface area contributed by atoms with Crippen LogP contribution in [-0.2, 0) is 17.8 Å². The first-order valence-electron chi connectivity index (χ1n) is 12.4. The minimum Gasteiger partial charge on any atom is -0.381 e. The summed E-state index contributed by atoms with van der Waals surface area (Å²) in [6.45, 7) is 4.82. The van der Waals surface area contributed by atoms with E-state index in [-0.39, 0.29) is 5.91 Å². The summed E-state index contributed by atoms with van der Waals surface area (Å²) in [5.41, 5.74) is 8.70. The number of rotatable bonds is 6.